The van der Waals surface area contributed by atoms with Gasteiger partial charge in [0, 0.05) is 24.4 Å². The first-order valence-electron chi connectivity index (χ1n) is 10.5. The van der Waals surface area contributed by atoms with Gasteiger partial charge in [0.2, 0.25) is 0 Å². The maximum atomic E-state index is 13.7. The number of anilines is 1. The quantitative estimate of drug-likeness (QED) is 0.533. The predicted molar refractivity (Wildman–Crippen MR) is 116 cm³/mol. The van der Waals surface area contributed by atoms with E-state index in [4.69, 9.17) is 4.74 Å². The van der Waals surface area contributed by atoms with Crippen molar-refractivity contribution in [2.24, 2.45) is 7.05 Å². The second-order valence-corrected chi connectivity index (χ2v) is 8.08. The molecular formula is C23H25F3N4O2. The van der Waals surface area contributed by atoms with Gasteiger partial charge in [0.1, 0.15) is 11.4 Å². The number of halogens is 3. The van der Waals surface area contributed by atoms with Crippen molar-refractivity contribution in [3.05, 3.63) is 53.7 Å². The molecule has 0 aliphatic carbocycles. The Morgan fingerprint density at radius 1 is 1.22 bits per heavy atom. The van der Waals surface area contributed by atoms with Crippen LogP contribution in [0.1, 0.15) is 50.3 Å². The van der Waals surface area contributed by atoms with Gasteiger partial charge in [0.15, 0.2) is 0 Å². The van der Waals surface area contributed by atoms with Gasteiger partial charge in [0.25, 0.3) is 0 Å². The zero-order valence-electron chi connectivity index (χ0n) is 18.1. The third kappa shape index (κ3) is 3.87. The number of para-hydroxylation sites is 1. The first kappa shape index (κ1) is 22.0. The normalized spacial score (nSPS) is 17.5. The van der Waals surface area contributed by atoms with Crippen LogP contribution in [0.5, 0.6) is 5.75 Å². The number of ether oxygens (including phenoxy) is 1. The van der Waals surface area contributed by atoms with Gasteiger partial charge in [-0.2, -0.15) is 18.3 Å². The van der Waals surface area contributed by atoms with Crippen molar-refractivity contribution in [3.8, 4) is 5.75 Å². The Hall–Kier alpha value is -3.23. The van der Waals surface area contributed by atoms with Gasteiger partial charge in [-0.1, -0.05) is 32.0 Å². The van der Waals surface area contributed by atoms with Gasteiger partial charge >= 0.3 is 12.2 Å². The number of rotatable bonds is 4. The number of alkyl halides is 3. The van der Waals surface area contributed by atoms with E-state index in [1.165, 1.54) is 6.07 Å². The Morgan fingerprint density at radius 2 is 1.94 bits per heavy atom. The van der Waals surface area contributed by atoms with Gasteiger partial charge in [-0.05, 0) is 31.0 Å². The summed E-state index contributed by atoms with van der Waals surface area (Å²) in [4.78, 5) is 12.9. The fourth-order valence-electron chi connectivity index (χ4n) is 4.32. The maximum Gasteiger partial charge on any atom is 0.419 e. The second kappa shape index (κ2) is 8.03. The number of carbonyl (C=O) groups excluding carboxylic acids is 1. The zero-order chi connectivity index (χ0) is 23.1. The Bertz CT molecular complexity index is 1150. The van der Waals surface area contributed by atoms with Crippen LogP contribution in [0, 0.1) is 0 Å². The van der Waals surface area contributed by atoms with Crippen molar-refractivity contribution >= 4 is 22.6 Å². The highest BCUT2D eigenvalue weighted by molar-refractivity contribution is 6.00. The summed E-state index contributed by atoms with van der Waals surface area (Å²) < 4.78 is 48.7. The summed E-state index contributed by atoms with van der Waals surface area (Å²) >= 11 is 0. The smallest absolute Gasteiger partial charge is 0.419 e. The first-order chi connectivity index (χ1) is 15.2. The van der Waals surface area contributed by atoms with Crippen LogP contribution in [-0.4, -0.2) is 21.4 Å². The molecule has 4 rings (SSSR count). The summed E-state index contributed by atoms with van der Waals surface area (Å²) in [6.45, 7) is 3.76. The summed E-state index contributed by atoms with van der Waals surface area (Å²) in [5, 5.41) is 10.7. The van der Waals surface area contributed by atoms with E-state index in [1.54, 1.807) is 36.1 Å². The zero-order valence-corrected chi connectivity index (χ0v) is 18.1. The van der Waals surface area contributed by atoms with E-state index >= 15 is 0 Å². The van der Waals surface area contributed by atoms with Crippen molar-refractivity contribution in [1.29, 1.82) is 0 Å². The van der Waals surface area contributed by atoms with Gasteiger partial charge in [-0.15, -0.1) is 0 Å². The number of urea groups is 1. The highest BCUT2D eigenvalue weighted by Gasteiger charge is 2.44. The van der Waals surface area contributed by atoms with Crippen LogP contribution in [0.3, 0.4) is 0 Å². The van der Waals surface area contributed by atoms with Crippen LogP contribution in [-0.2, 0) is 13.2 Å². The van der Waals surface area contributed by atoms with Gasteiger partial charge in [0.05, 0.1) is 29.0 Å². The third-order valence-corrected chi connectivity index (χ3v) is 6.25. The van der Waals surface area contributed by atoms with Crippen molar-refractivity contribution in [1.82, 2.24) is 15.1 Å². The highest BCUT2D eigenvalue weighted by Crippen LogP contribution is 2.48. The minimum absolute atomic E-state index is 0.199. The molecule has 9 heteroatoms. The van der Waals surface area contributed by atoms with E-state index in [0.717, 1.165) is 17.0 Å². The minimum atomic E-state index is -4.56. The molecule has 2 aromatic carbocycles. The lowest BCUT2D eigenvalue weighted by Crippen LogP contribution is -2.46. The van der Waals surface area contributed by atoms with Crippen LogP contribution in [0.15, 0.2) is 42.6 Å². The molecule has 2 heterocycles. The number of aryl methyl sites for hydroxylation is 1. The third-order valence-electron chi connectivity index (χ3n) is 6.25. The molecule has 1 aliphatic rings. The predicted octanol–water partition coefficient (Wildman–Crippen LogP) is 5.80. The fraction of sp³-hybridized carbons (Fsp3) is 0.391. The van der Waals surface area contributed by atoms with Crippen molar-refractivity contribution in [3.63, 3.8) is 0 Å². The number of nitrogens with one attached hydrogen (secondary N) is 2. The molecule has 0 bridgehead atoms. The average molecular weight is 446 g/mol. The lowest BCUT2D eigenvalue weighted by Gasteiger charge is -2.42. The van der Waals surface area contributed by atoms with Gasteiger partial charge in [-0.3, -0.25) is 4.68 Å². The summed E-state index contributed by atoms with van der Waals surface area (Å²) in [7, 11) is 1.80. The lowest BCUT2D eigenvalue weighted by molar-refractivity contribution is -0.140. The molecule has 0 spiro atoms. The van der Waals surface area contributed by atoms with Crippen molar-refractivity contribution in [2.45, 2.75) is 50.9 Å². The standard InChI is InChI=1S/C23H25F3N4O2/c1-4-22(5-2)12-18(14-8-6-9-16(20(14)32-22)23(24,25)26)29-21(31)28-17-10-7-11-19-15(17)13-27-30(19)3/h6-11,13,18H,4-5,12H2,1-3H3,(H2,28,29,31)/t18-/m1/s1. The molecule has 6 nitrogen and oxygen atoms in total. The summed E-state index contributed by atoms with van der Waals surface area (Å²) in [6.07, 6.45) is -1.49. The van der Waals surface area contributed by atoms with Crippen LogP contribution in [0.25, 0.3) is 10.9 Å². The molecule has 1 aromatic heterocycles. The second-order valence-electron chi connectivity index (χ2n) is 8.08. The van der Waals surface area contributed by atoms with Crippen LogP contribution in [0.4, 0.5) is 23.7 Å². The number of nitrogens with zero attached hydrogens (tertiary/aromatic N) is 2. The number of benzene rings is 2. The summed E-state index contributed by atoms with van der Waals surface area (Å²) in [5.74, 6) is -0.199. The van der Waals surface area contributed by atoms with E-state index in [1.807, 2.05) is 19.9 Å². The van der Waals surface area contributed by atoms with E-state index in [2.05, 4.69) is 15.7 Å². The first-order valence-corrected chi connectivity index (χ1v) is 10.5. The molecule has 3 aromatic rings. The largest absolute Gasteiger partial charge is 0.486 e. The van der Waals surface area contributed by atoms with Crippen LogP contribution in [0.2, 0.25) is 0 Å². The molecule has 2 amide bonds. The van der Waals surface area contributed by atoms with Crippen LogP contribution >= 0.6 is 0 Å². The molecule has 2 N–H and O–H groups in total. The van der Waals surface area contributed by atoms with E-state index in [0.29, 0.717) is 30.5 Å². The number of aromatic nitrogens is 2. The minimum Gasteiger partial charge on any atom is -0.486 e. The highest BCUT2D eigenvalue weighted by atomic mass is 19.4. The van der Waals surface area contributed by atoms with E-state index < -0.39 is 29.4 Å². The molecule has 0 fully saturated rings. The monoisotopic (exact) mass is 446 g/mol. The summed E-state index contributed by atoms with van der Waals surface area (Å²) in [5.41, 5.74) is 0.127. The molecule has 0 unspecified atom stereocenters. The topological polar surface area (TPSA) is 68.2 Å². The average Bonchev–Trinajstić information content (AvgIpc) is 3.14. The SMILES string of the molecule is CCC1(CC)C[C@@H](NC(=O)Nc2cccc3c2cnn3C)c2cccc(C(F)(F)F)c2O1. The fourth-order valence-corrected chi connectivity index (χ4v) is 4.32. The molecule has 0 saturated heterocycles. The molecule has 1 aliphatic heterocycles. The molecule has 1 atom stereocenters. The maximum absolute atomic E-state index is 13.7. The van der Waals surface area contributed by atoms with Crippen LogP contribution < -0.4 is 15.4 Å². The number of hydrogen-bond donors (Lipinski definition) is 2. The summed E-state index contributed by atoms with van der Waals surface area (Å²) in [6, 6.07) is 8.25. The molecule has 32 heavy (non-hydrogen) atoms. The molecular weight excluding hydrogens is 421 g/mol. The Kier molecular flexibility index (Phi) is 5.52. The number of fused-ring (bicyclic) bond motifs is 2. The number of carbonyl (C=O) groups is 1. The number of hydrogen-bond acceptors (Lipinski definition) is 3. The molecule has 170 valence electrons. The van der Waals surface area contributed by atoms with Crippen molar-refractivity contribution in [2.75, 3.05) is 5.32 Å². The molecule has 0 saturated carbocycles. The van der Waals surface area contributed by atoms with E-state index in [-0.39, 0.29) is 5.75 Å². The Labute approximate surface area is 183 Å². The van der Waals surface area contributed by atoms with E-state index in [9.17, 15) is 18.0 Å². The van der Waals surface area contributed by atoms with Gasteiger partial charge in [-0.25, -0.2) is 4.79 Å². The van der Waals surface area contributed by atoms with Gasteiger partial charge < -0.3 is 15.4 Å². The lowest BCUT2D eigenvalue weighted by atomic mass is 9.82. The Balaban J connectivity index is 1.66. The number of amides is 2. The molecule has 0 radical (unpaired) electrons. The van der Waals surface area contributed by atoms with Crippen molar-refractivity contribution < 1.29 is 22.7 Å². The Morgan fingerprint density at radius 3 is 2.62 bits per heavy atom.